The van der Waals surface area contributed by atoms with E-state index in [4.69, 9.17) is 5.26 Å². The fourth-order valence-electron chi connectivity index (χ4n) is 5.68. The van der Waals surface area contributed by atoms with Gasteiger partial charge in [0, 0.05) is 0 Å². The molecule has 1 aromatic carbocycles. The van der Waals surface area contributed by atoms with Gasteiger partial charge in [-0.2, -0.15) is 5.26 Å². The minimum Gasteiger partial charge on any atom is -0.205 e. The zero-order chi connectivity index (χ0) is 20.6. The van der Waals surface area contributed by atoms with Crippen LogP contribution < -0.4 is 0 Å². The summed E-state index contributed by atoms with van der Waals surface area (Å²) in [6.45, 7) is 2.28. The fourth-order valence-corrected chi connectivity index (χ4v) is 5.68. The van der Waals surface area contributed by atoms with Crippen molar-refractivity contribution in [1.29, 1.82) is 5.26 Å². The summed E-state index contributed by atoms with van der Waals surface area (Å²) in [4.78, 5) is 0. The van der Waals surface area contributed by atoms with Crippen LogP contribution in [0.2, 0.25) is 0 Å². The van der Waals surface area contributed by atoms with Gasteiger partial charge in [-0.05, 0) is 67.1 Å². The Labute approximate surface area is 175 Å². The Bertz CT molecular complexity index is 653. The van der Waals surface area contributed by atoms with Gasteiger partial charge >= 0.3 is 0 Å². The van der Waals surface area contributed by atoms with E-state index < -0.39 is 17.2 Å². The summed E-state index contributed by atoms with van der Waals surface area (Å²) in [6.07, 6.45) is 18.4. The number of unbranched alkanes of at least 4 members (excludes halogenated alkanes) is 2. The lowest BCUT2D eigenvalue weighted by atomic mass is 9.74. The second kappa shape index (κ2) is 11.1. The van der Waals surface area contributed by atoms with Crippen LogP contribution in [0.25, 0.3) is 0 Å². The van der Waals surface area contributed by atoms with Gasteiger partial charge in [0.05, 0.1) is 0 Å². The molecule has 160 valence electrons. The van der Waals surface area contributed by atoms with Gasteiger partial charge in [-0.25, -0.2) is 8.78 Å². The first-order valence-electron chi connectivity index (χ1n) is 12.0. The minimum absolute atomic E-state index is 0.238. The molecule has 2 saturated carbocycles. The van der Waals surface area contributed by atoms with Crippen LogP contribution in [-0.2, 0) is 0 Å². The Morgan fingerprint density at radius 2 is 1.28 bits per heavy atom. The van der Waals surface area contributed by atoms with E-state index in [0.29, 0.717) is 0 Å². The third kappa shape index (κ3) is 6.27. The molecule has 3 heteroatoms. The lowest BCUT2D eigenvalue weighted by Gasteiger charge is -2.32. The van der Waals surface area contributed by atoms with E-state index in [2.05, 4.69) is 6.92 Å². The smallest absolute Gasteiger partial charge is 0.144 e. The highest BCUT2D eigenvalue weighted by Crippen LogP contribution is 2.40. The molecule has 0 atom stereocenters. The van der Waals surface area contributed by atoms with Crippen molar-refractivity contribution in [2.45, 2.75) is 103 Å². The molecule has 1 aromatic rings. The van der Waals surface area contributed by atoms with Gasteiger partial charge in [-0.3, -0.25) is 0 Å². The van der Waals surface area contributed by atoms with Crippen LogP contribution >= 0.6 is 0 Å². The number of halogens is 2. The molecule has 0 amide bonds. The summed E-state index contributed by atoms with van der Waals surface area (Å²) in [5.41, 5.74) is 0.279. The van der Waals surface area contributed by atoms with Gasteiger partial charge in [-0.1, -0.05) is 71.1 Å². The zero-order valence-corrected chi connectivity index (χ0v) is 18.1. The molecule has 0 bridgehead atoms. The average molecular weight is 402 g/mol. The first kappa shape index (κ1) is 22.3. The number of hydrogen-bond acceptors (Lipinski definition) is 1. The Kier molecular flexibility index (Phi) is 8.52. The maximum absolute atomic E-state index is 13.9. The van der Waals surface area contributed by atoms with Gasteiger partial charge in [0.2, 0.25) is 0 Å². The summed E-state index contributed by atoms with van der Waals surface area (Å²) >= 11 is 0. The standard InChI is InChI=1S/C26H37F2N/c1-2-3-4-5-19-6-8-20(9-7-19)10-11-21-12-14-22(15-13-21)23-16-25(27)24(18-29)26(28)17-23/h16-17,19-22H,2-15H2,1H3/t19-,20-,21-,22-. The molecule has 2 aliphatic carbocycles. The van der Waals surface area contributed by atoms with Crippen LogP contribution in [0.5, 0.6) is 0 Å². The molecular formula is C26H37F2N. The largest absolute Gasteiger partial charge is 0.205 e. The Morgan fingerprint density at radius 1 is 0.793 bits per heavy atom. The van der Waals surface area contributed by atoms with Crippen LogP contribution in [0.1, 0.15) is 114 Å². The molecule has 3 rings (SSSR count). The van der Waals surface area contributed by atoms with Gasteiger partial charge in [0.1, 0.15) is 23.3 Å². The highest BCUT2D eigenvalue weighted by Gasteiger charge is 2.26. The average Bonchev–Trinajstić information content (AvgIpc) is 2.73. The Balaban J connectivity index is 1.37. The van der Waals surface area contributed by atoms with Crippen molar-refractivity contribution in [2.24, 2.45) is 17.8 Å². The number of nitrogens with zero attached hydrogens (tertiary/aromatic N) is 1. The highest BCUT2D eigenvalue weighted by atomic mass is 19.1. The number of rotatable bonds is 8. The molecule has 0 spiro atoms. The quantitative estimate of drug-likeness (QED) is 0.402. The first-order valence-corrected chi connectivity index (χ1v) is 12.0. The lowest BCUT2D eigenvalue weighted by Crippen LogP contribution is -2.18. The SMILES string of the molecule is CCCCC[C@H]1CC[C@H](CC[C@H]2CC[C@H](c3cc(F)c(C#N)c(F)c3)CC2)CC1. The summed E-state index contributed by atoms with van der Waals surface area (Å²) < 4.78 is 27.8. The third-order valence-corrected chi connectivity index (χ3v) is 7.66. The predicted molar refractivity (Wildman–Crippen MR) is 115 cm³/mol. The summed E-state index contributed by atoms with van der Waals surface area (Å²) in [5, 5.41) is 8.83. The van der Waals surface area contributed by atoms with Crippen molar-refractivity contribution >= 4 is 0 Å². The number of hydrogen-bond donors (Lipinski definition) is 0. The maximum atomic E-state index is 13.9. The van der Waals surface area contributed by atoms with E-state index in [1.165, 1.54) is 89.2 Å². The minimum atomic E-state index is -0.713. The molecule has 0 N–H and O–H groups in total. The van der Waals surface area contributed by atoms with E-state index >= 15 is 0 Å². The van der Waals surface area contributed by atoms with Crippen LogP contribution in [0.4, 0.5) is 8.78 Å². The van der Waals surface area contributed by atoms with E-state index in [1.807, 2.05) is 0 Å². The molecule has 0 saturated heterocycles. The third-order valence-electron chi connectivity index (χ3n) is 7.66. The molecular weight excluding hydrogens is 364 g/mol. The van der Waals surface area contributed by atoms with Crippen LogP contribution in [0, 0.1) is 40.7 Å². The van der Waals surface area contributed by atoms with Gasteiger partial charge in [-0.15, -0.1) is 0 Å². The second-order valence-corrected chi connectivity index (χ2v) is 9.65. The highest BCUT2D eigenvalue weighted by molar-refractivity contribution is 5.36. The van der Waals surface area contributed by atoms with E-state index in [-0.39, 0.29) is 5.92 Å². The van der Waals surface area contributed by atoms with Gasteiger partial charge in [0.25, 0.3) is 0 Å². The summed E-state index contributed by atoms with van der Waals surface area (Å²) in [6, 6.07) is 4.37. The molecule has 0 heterocycles. The molecule has 2 fully saturated rings. The van der Waals surface area contributed by atoms with E-state index in [9.17, 15) is 8.78 Å². The van der Waals surface area contributed by atoms with Crippen LogP contribution in [0.3, 0.4) is 0 Å². The lowest BCUT2D eigenvalue weighted by molar-refractivity contribution is 0.222. The molecule has 0 aromatic heterocycles. The summed E-state index contributed by atoms with van der Waals surface area (Å²) in [7, 11) is 0. The molecule has 29 heavy (non-hydrogen) atoms. The van der Waals surface area contributed by atoms with E-state index in [0.717, 1.165) is 36.2 Å². The van der Waals surface area contributed by atoms with Crippen molar-refractivity contribution in [3.63, 3.8) is 0 Å². The number of nitriles is 1. The van der Waals surface area contributed by atoms with E-state index in [1.54, 1.807) is 6.07 Å². The monoisotopic (exact) mass is 401 g/mol. The van der Waals surface area contributed by atoms with Crippen molar-refractivity contribution in [1.82, 2.24) is 0 Å². The first-order chi connectivity index (χ1) is 14.1. The summed E-state index contributed by atoms with van der Waals surface area (Å²) in [5.74, 6) is 1.51. The topological polar surface area (TPSA) is 23.8 Å². The van der Waals surface area contributed by atoms with Gasteiger partial charge < -0.3 is 0 Å². The maximum Gasteiger partial charge on any atom is 0.144 e. The molecule has 0 unspecified atom stereocenters. The predicted octanol–water partition coefficient (Wildman–Crippen LogP) is 8.28. The van der Waals surface area contributed by atoms with Crippen molar-refractivity contribution in [3.05, 3.63) is 34.9 Å². The van der Waals surface area contributed by atoms with Gasteiger partial charge in [0.15, 0.2) is 0 Å². The fraction of sp³-hybridized carbons (Fsp3) is 0.731. The van der Waals surface area contributed by atoms with Crippen molar-refractivity contribution in [3.8, 4) is 6.07 Å². The zero-order valence-electron chi connectivity index (χ0n) is 18.1. The second-order valence-electron chi connectivity index (χ2n) is 9.65. The molecule has 0 radical (unpaired) electrons. The Morgan fingerprint density at radius 3 is 1.76 bits per heavy atom. The van der Waals surface area contributed by atoms with Crippen LogP contribution in [0.15, 0.2) is 12.1 Å². The normalized spacial score (nSPS) is 27.5. The molecule has 0 aliphatic heterocycles. The van der Waals surface area contributed by atoms with Crippen LogP contribution in [-0.4, -0.2) is 0 Å². The Hall–Kier alpha value is -1.43. The molecule has 2 aliphatic rings. The van der Waals surface area contributed by atoms with Crippen molar-refractivity contribution in [2.75, 3.05) is 0 Å². The number of benzene rings is 1. The van der Waals surface area contributed by atoms with Crippen molar-refractivity contribution < 1.29 is 8.78 Å². The molecule has 1 nitrogen and oxygen atoms in total.